The molecular weight excluding hydrogens is 477 g/mol. The molecule has 146 valence electrons. The van der Waals surface area contributed by atoms with Crippen LogP contribution in [-0.2, 0) is 9.84 Å². The highest BCUT2D eigenvalue weighted by molar-refractivity contribution is 14.0. The Balaban J connectivity index is 0.00000261. The van der Waals surface area contributed by atoms with E-state index in [1.165, 1.54) is 0 Å². The van der Waals surface area contributed by atoms with E-state index >= 15 is 0 Å². The average molecular weight is 501 g/mol. The van der Waals surface area contributed by atoms with E-state index < -0.39 is 9.84 Å². The lowest BCUT2D eigenvalue weighted by molar-refractivity contribution is 0.475. The van der Waals surface area contributed by atoms with Crippen LogP contribution < -0.4 is 15.8 Å². The molecule has 2 aromatic rings. The number of aliphatic imine (C=N–C) groups is 1. The molecule has 27 heavy (non-hydrogen) atoms. The standard InChI is InChI=1S/C19H23N3O3S.HI/c20-19(21-14-15-9-11-26(23,24)12-10-15)22-16-5-4-8-18(13-16)25-17-6-2-1-3-7-17;/h1-8,13,15H,9-12,14H2,(H3,20,21,22);1H. The van der Waals surface area contributed by atoms with Crippen molar-refractivity contribution in [3.05, 3.63) is 54.6 Å². The molecule has 0 atom stereocenters. The maximum atomic E-state index is 11.5. The van der Waals surface area contributed by atoms with Crippen molar-refractivity contribution in [3.63, 3.8) is 0 Å². The van der Waals surface area contributed by atoms with Crippen LogP contribution in [0.4, 0.5) is 5.69 Å². The van der Waals surface area contributed by atoms with Gasteiger partial charge < -0.3 is 15.8 Å². The highest BCUT2D eigenvalue weighted by atomic mass is 127. The number of nitrogens with zero attached hydrogens (tertiary/aromatic N) is 1. The Morgan fingerprint density at radius 3 is 2.44 bits per heavy atom. The van der Waals surface area contributed by atoms with E-state index in [0.29, 0.717) is 31.1 Å². The lowest BCUT2D eigenvalue weighted by atomic mass is 10.0. The Kier molecular flexibility index (Phi) is 7.91. The Hall–Kier alpha value is -1.81. The normalized spacial score (nSPS) is 17.0. The fourth-order valence-corrected chi connectivity index (χ4v) is 4.39. The van der Waals surface area contributed by atoms with Crippen LogP contribution in [0.3, 0.4) is 0 Å². The zero-order chi connectivity index (χ0) is 18.4. The van der Waals surface area contributed by atoms with Gasteiger partial charge in [-0.25, -0.2) is 8.42 Å². The van der Waals surface area contributed by atoms with E-state index in [-0.39, 0.29) is 41.4 Å². The first-order valence-electron chi connectivity index (χ1n) is 8.60. The first-order valence-corrected chi connectivity index (χ1v) is 10.4. The zero-order valence-corrected chi connectivity index (χ0v) is 18.0. The molecule has 1 saturated heterocycles. The van der Waals surface area contributed by atoms with Crippen LogP contribution in [0.25, 0.3) is 0 Å². The van der Waals surface area contributed by atoms with E-state index in [1.807, 2.05) is 54.6 Å². The highest BCUT2D eigenvalue weighted by Gasteiger charge is 2.23. The number of ether oxygens (including phenoxy) is 1. The molecule has 0 amide bonds. The molecule has 3 rings (SSSR count). The van der Waals surface area contributed by atoms with Gasteiger partial charge >= 0.3 is 0 Å². The number of para-hydroxylation sites is 1. The summed E-state index contributed by atoms with van der Waals surface area (Å²) in [5.74, 6) is 2.55. The third-order valence-corrected chi connectivity index (χ3v) is 5.99. The average Bonchev–Trinajstić information content (AvgIpc) is 2.62. The zero-order valence-electron chi connectivity index (χ0n) is 14.9. The molecule has 0 spiro atoms. The van der Waals surface area contributed by atoms with Crippen molar-refractivity contribution in [3.8, 4) is 11.5 Å². The monoisotopic (exact) mass is 501 g/mol. The van der Waals surface area contributed by atoms with Gasteiger partial charge in [0.25, 0.3) is 0 Å². The van der Waals surface area contributed by atoms with Crippen LogP contribution in [0.1, 0.15) is 12.8 Å². The maximum Gasteiger partial charge on any atom is 0.193 e. The number of nitrogens with one attached hydrogen (secondary N) is 1. The summed E-state index contributed by atoms with van der Waals surface area (Å²) in [5, 5.41) is 3.05. The molecule has 1 heterocycles. The van der Waals surface area contributed by atoms with Gasteiger partial charge in [-0.05, 0) is 43.0 Å². The number of rotatable bonds is 5. The van der Waals surface area contributed by atoms with Crippen molar-refractivity contribution in [2.75, 3.05) is 23.4 Å². The number of hydrogen-bond donors (Lipinski definition) is 2. The SMILES string of the molecule is I.NC(=NCC1CCS(=O)(=O)CC1)Nc1cccc(Oc2ccccc2)c1. The molecule has 2 aromatic carbocycles. The molecule has 0 aromatic heterocycles. The summed E-state index contributed by atoms with van der Waals surface area (Å²) in [6.07, 6.45) is 1.30. The minimum atomic E-state index is -2.84. The molecule has 1 aliphatic heterocycles. The molecule has 0 saturated carbocycles. The highest BCUT2D eigenvalue weighted by Crippen LogP contribution is 2.24. The number of benzene rings is 2. The molecule has 8 heteroatoms. The second kappa shape index (κ2) is 9.93. The summed E-state index contributed by atoms with van der Waals surface area (Å²) in [4.78, 5) is 4.35. The Labute approximate surface area is 177 Å². The first kappa shape index (κ1) is 21.5. The van der Waals surface area contributed by atoms with E-state index in [0.717, 1.165) is 11.4 Å². The molecule has 0 unspecified atom stereocenters. The Bertz CT molecular complexity index is 859. The molecule has 0 bridgehead atoms. The Morgan fingerprint density at radius 2 is 1.74 bits per heavy atom. The lowest BCUT2D eigenvalue weighted by Crippen LogP contribution is -2.27. The van der Waals surface area contributed by atoms with E-state index in [9.17, 15) is 8.42 Å². The quantitative estimate of drug-likeness (QED) is 0.371. The van der Waals surface area contributed by atoms with Gasteiger partial charge in [0.15, 0.2) is 5.96 Å². The number of hydrogen-bond acceptors (Lipinski definition) is 4. The van der Waals surface area contributed by atoms with Crippen molar-refractivity contribution in [2.24, 2.45) is 16.6 Å². The van der Waals surface area contributed by atoms with Crippen LogP contribution in [0.2, 0.25) is 0 Å². The van der Waals surface area contributed by atoms with E-state index in [4.69, 9.17) is 10.5 Å². The van der Waals surface area contributed by atoms with E-state index in [1.54, 1.807) is 0 Å². The lowest BCUT2D eigenvalue weighted by Gasteiger charge is -2.20. The van der Waals surface area contributed by atoms with E-state index in [2.05, 4.69) is 10.3 Å². The third-order valence-electron chi connectivity index (χ3n) is 4.28. The van der Waals surface area contributed by atoms with Crippen molar-refractivity contribution in [1.29, 1.82) is 0 Å². The van der Waals surface area contributed by atoms with Gasteiger partial charge in [0.2, 0.25) is 0 Å². The van der Waals surface area contributed by atoms with Crippen LogP contribution in [0.15, 0.2) is 59.6 Å². The van der Waals surface area contributed by atoms with Crippen molar-refractivity contribution in [2.45, 2.75) is 12.8 Å². The first-order chi connectivity index (χ1) is 12.5. The third kappa shape index (κ3) is 7.02. The molecule has 1 aliphatic rings. The number of nitrogens with two attached hydrogens (primary N) is 1. The molecule has 0 radical (unpaired) electrons. The van der Waals surface area contributed by atoms with Gasteiger partial charge in [-0.1, -0.05) is 24.3 Å². The van der Waals surface area contributed by atoms with Crippen molar-refractivity contribution < 1.29 is 13.2 Å². The van der Waals surface area contributed by atoms with Crippen LogP contribution in [0.5, 0.6) is 11.5 Å². The van der Waals surface area contributed by atoms with Gasteiger partial charge in [0, 0.05) is 18.3 Å². The van der Waals surface area contributed by atoms with Gasteiger partial charge in [0.1, 0.15) is 21.3 Å². The summed E-state index contributed by atoms with van der Waals surface area (Å²) in [6, 6.07) is 17.0. The summed E-state index contributed by atoms with van der Waals surface area (Å²) in [6.45, 7) is 0.536. The van der Waals surface area contributed by atoms with Crippen molar-refractivity contribution >= 4 is 45.5 Å². The van der Waals surface area contributed by atoms with Gasteiger partial charge in [-0.15, -0.1) is 24.0 Å². The summed E-state index contributed by atoms with van der Waals surface area (Å²) in [7, 11) is -2.84. The maximum absolute atomic E-state index is 11.5. The second-order valence-electron chi connectivity index (χ2n) is 6.39. The topological polar surface area (TPSA) is 93.8 Å². The molecule has 3 N–H and O–H groups in total. The number of halogens is 1. The van der Waals surface area contributed by atoms with Crippen molar-refractivity contribution in [1.82, 2.24) is 0 Å². The molecule has 1 fully saturated rings. The van der Waals surface area contributed by atoms with Gasteiger partial charge in [-0.3, -0.25) is 4.99 Å². The Morgan fingerprint density at radius 1 is 1.07 bits per heavy atom. The van der Waals surface area contributed by atoms with Crippen LogP contribution in [-0.4, -0.2) is 32.4 Å². The molecule has 6 nitrogen and oxygen atoms in total. The minimum Gasteiger partial charge on any atom is -0.457 e. The minimum absolute atomic E-state index is 0. The fraction of sp³-hybridized carbons (Fsp3) is 0.316. The number of sulfone groups is 1. The second-order valence-corrected chi connectivity index (χ2v) is 8.69. The summed E-state index contributed by atoms with van der Waals surface area (Å²) >= 11 is 0. The van der Waals surface area contributed by atoms with Crippen LogP contribution in [0, 0.1) is 5.92 Å². The van der Waals surface area contributed by atoms with Crippen LogP contribution >= 0.6 is 24.0 Å². The predicted octanol–water partition coefficient (Wildman–Crippen LogP) is 3.65. The van der Waals surface area contributed by atoms with Gasteiger partial charge in [-0.2, -0.15) is 0 Å². The summed E-state index contributed by atoms with van der Waals surface area (Å²) < 4.78 is 28.7. The number of anilines is 1. The number of guanidine groups is 1. The molecular formula is C19H24IN3O3S. The largest absolute Gasteiger partial charge is 0.457 e. The smallest absolute Gasteiger partial charge is 0.193 e. The fourth-order valence-electron chi connectivity index (χ4n) is 2.80. The molecule has 0 aliphatic carbocycles. The predicted molar refractivity (Wildman–Crippen MR) is 120 cm³/mol. The summed E-state index contributed by atoms with van der Waals surface area (Å²) in [5.41, 5.74) is 6.74. The van der Waals surface area contributed by atoms with Gasteiger partial charge in [0.05, 0.1) is 11.5 Å².